The minimum atomic E-state index is -1.18. The maximum Gasteiger partial charge on any atom is 0.322 e. The van der Waals surface area contributed by atoms with Crippen LogP contribution in [0.1, 0.15) is 43.4 Å². The van der Waals surface area contributed by atoms with Crippen LogP contribution >= 0.6 is 0 Å². The zero-order valence-corrected chi connectivity index (χ0v) is 17.0. The lowest BCUT2D eigenvalue weighted by molar-refractivity contribution is -0.123. The van der Waals surface area contributed by atoms with Gasteiger partial charge in [-0.05, 0) is 54.7 Å². The molecule has 3 N–H and O–H groups in total. The number of urea groups is 1. The van der Waals surface area contributed by atoms with Crippen molar-refractivity contribution in [3.8, 4) is 5.75 Å². The second-order valence-corrected chi connectivity index (χ2v) is 7.65. The molecule has 7 nitrogen and oxygen atoms in total. The van der Waals surface area contributed by atoms with Gasteiger partial charge in [-0.25, -0.2) is 4.79 Å². The van der Waals surface area contributed by atoms with Crippen LogP contribution in [-0.4, -0.2) is 24.5 Å². The van der Waals surface area contributed by atoms with E-state index in [0.717, 1.165) is 11.1 Å². The number of aryl methyl sites for hydroxylation is 1. The van der Waals surface area contributed by atoms with Crippen molar-refractivity contribution in [3.63, 3.8) is 0 Å². The van der Waals surface area contributed by atoms with E-state index in [1.807, 2.05) is 25.1 Å². The van der Waals surface area contributed by atoms with Gasteiger partial charge >= 0.3 is 6.03 Å². The first kappa shape index (κ1) is 20.4. The lowest BCUT2D eigenvalue weighted by Gasteiger charge is -2.21. The Hall–Kier alpha value is -3.35. The summed E-state index contributed by atoms with van der Waals surface area (Å²) in [5, 5.41) is 7.61. The van der Waals surface area contributed by atoms with Crippen molar-refractivity contribution in [1.29, 1.82) is 0 Å². The Morgan fingerprint density at radius 3 is 2.59 bits per heavy atom. The van der Waals surface area contributed by atoms with Crippen molar-refractivity contribution >= 4 is 23.5 Å². The molecule has 0 aromatic heterocycles. The van der Waals surface area contributed by atoms with Gasteiger partial charge in [0.25, 0.3) is 11.8 Å². The highest BCUT2D eigenvalue weighted by Gasteiger charge is 2.43. The van der Waals surface area contributed by atoms with Crippen LogP contribution in [0.25, 0.3) is 0 Å². The van der Waals surface area contributed by atoms with E-state index in [-0.39, 0.29) is 18.4 Å². The standard InChI is InChI=1S/C22H25N3O4/c1-13(2)17-9-8-14(3)10-18(17)29-12-19(26)23-16-7-5-6-15(11-16)22(4)20(27)24-21(28)25-22/h5-11,13H,12H2,1-4H3,(H,23,26)(H2,24,25,27,28)/t22-/m1/s1. The summed E-state index contributed by atoms with van der Waals surface area (Å²) < 4.78 is 5.76. The van der Waals surface area contributed by atoms with Crippen LogP contribution in [0.4, 0.5) is 10.5 Å². The monoisotopic (exact) mass is 395 g/mol. The summed E-state index contributed by atoms with van der Waals surface area (Å²) in [4.78, 5) is 36.0. The summed E-state index contributed by atoms with van der Waals surface area (Å²) in [6.07, 6.45) is 0. The zero-order chi connectivity index (χ0) is 21.2. The first-order valence-corrected chi connectivity index (χ1v) is 9.46. The van der Waals surface area contributed by atoms with Gasteiger partial charge in [0.05, 0.1) is 0 Å². The fourth-order valence-corrected chi connectivity index (χ4v) is 3.24. The lowest BCUT2D eigenvalue weighted by atomic mass is 9.92. The molecule has 4 amide bonds. The van der Waals surface area contributed by atoms with Crippen LogP contribution in [0.3, 0.4) is 0 Å². The van der Waals surface area contributed by atoms with Gasteiger partial charge in [-0.1, -0.05) is 38.1 Å². The van der Waals surface area contributed by atoms with Gasteiger partial charge < -0.3 is 15.4 Å². The van der Waals surface area contributed by atoms with Crippen molar-refractivity contribution in [2.24, 2.45) is 0 Å². The fraction of sp³-hybridized carbons (Fsp3) is 0.318. The highest BCUT2D eigenvalue weighted by molar-refractivity contribution is 6.07. The molecule has 2 aromatic rings. The molecule has 0 bridgehead atoms. The molecule has 0 spiro atoms. The molecular weight excluding hydrogens is 370 g/mol. The van der Waals surface area contributed by atoms with Crippen molar-refractivity contribution in [3.05, 3.63) is 59.2 Å². The number of rotatable bonds is 6. The minimum Gasteiger partial charge on any atom is -0.483 e. The third kappa shape index (κ3) is 4.39. The summed E-state index contributed by atoms with van der Waals surface area (Å²) in [6.45, 7) is 7.59. The van der Waals surface area contributed by atoms with Crippen LogP contribution in [-0.2, 0) is 15.1 Å². The van der Waals surface area contributed by atoms with E-state index in [4.69, 9.17) is 4.74 Å². The number of carbonyl (C=O) groups is 3. The smallest absolute Gasteiger partial charge is 0.322 e. The minimum absolute atomic E-state index is 0.137. The van der Waals surface area contributed by atoms with E-state index in [0.29, 0.717) is 17.0 Å². The molecule has 0 radical (unpaired) electrons. The third-order valence-electron chi connectivity index (χ3n) is 4.92. The quantitative estimate of drug-likeness (QED) is 0.655. The number of hydrogen-bond donors (Lipinski definition) is 3. The molecule has 0 unspecified atom stereocenters. The maximum absolute atomic E-state index is 12.4. The van der Waals surface area contributed by atoms with Crippen LogP contribution in [0, 0.1) is 6.92 Å². The van der Waals surface area contributed by atoms with Crippen molar-refractivity contribution in [2.75, 3.05) is 11.9 Å². The number of amides is 4. The average Bonchev–Trinajstić information content (AvgIpc) is 2.93. The van der Waals surface area contributed by atoms with Crippen molar-refractivity contribution < 1.29 is 19.1 Å². The summed E-state index contributed by atoms with van der Waals surface area (Å²) in [5.74, 6) is 0.221. The molecule has 3 rings (SSSR count). The number of hydrogen-bond acceptors (Lipinski definition) is 4. The Bertz CT molecular complexity index is 970. The van der Waals surface area contributed by atoms with Gasteiger partial charge in [0.2, 0.25) is 0 Å². The molecule has 2 aromatic carbocycles. The molecule has 1 saturated heterocycles. The number of benzene rings is 2. The Morgan fingerprint density at radius 2 is 1.93 bits per heavy atom. The molecule has 1 fully saturated rings. The molecule has 1 atom stereocenters. The highest BCUT2D eigenvalue weighted by Crippen LogP contribution is 2.28. The summed E-state index contributed by atoms with van der Waals surface area (Å²) in [5.41, 5.74) is 2.01. The first-order valence-electron chi connectivity index (χ1n) is 9.46. The highest BCUT2D eigenvalue weighted by atomic mass is 16.5. The number of anilines is 1. The molecule has 152 valence electrons. The maximum atomic E-state index is 12.4. The Morgan fingerprint density at radius 1 is 1.17 bits per heavy atom. The van der Waals surface area contributed by atoms with Gasteiger partial charge in [-0.2, -0.15) is 0 Å². The van der Waals surface area contributed by atoms with E-state index >= 15 is 0 Å². The molecular formula is C22H25N3O4. The average molecular weight is 395 g/mol. The fourth-order valence-electron chi connectivity index (χ4n) is 3.24. The van der Waals surface area contributed by atoms with Crippen LogP contribution in [0.5, 0.6) is 5.75 Å². The topological polar surface area (TPSA) is 96.5 Å². The molecule has 0 saturated carbocycles. The zero-order valence-electron chi connectivity index (χ0n) is 17.0. The summed E-state index contributed by atoms with van der Waals surface area (Å²) >= 11 is 0. The molecule has 1 heterocycles. The number of nitrogens with one attached hydrogen (secondary N) is 3. The van der Waals surface area contributed by atoms with Crippen LogP contribution < -0.4 is 20.7 Å². The molecule has 1 aliphatic rings. The van der Waals surface area contributed by atoms with Gasteiger partial charge in [0.15, 0.2) is 6.61 Å². The first-order chi connectivity index (χ1) is 13.7. The Balaban J connectivity index is 1.69. The Labute approximate surface area is 169 Å². The molecule has 29 heavy (non-hydrogen) atoms. The van der Waals surface area contributed by atoms with Gasteiger partial charge in [0, 0.05) is 5.69 Å². The van der Waals surface area contributed by atoms with Crippen molar-refractivity contribution in [2.45, 2.75) is 39.2 Å². The summed E-state index contributed by atoms with van der Waals surface area (Å²) in [7, 11) is 0. The van der Waals surface area contributed by atoms with Crippen LogP contribution in [0.15, 0.2) is 42.5 Å². The van der Waals surface area contributed by atoms with E-state index in [1.165, 1.54) is 0 Å². The second-order valence-electron chi connectivity index (χ2n) is 7.65. The SMILES string of the molecule is Cc1ccc(C(C)C)c(OCC(=O)Nc2cccc([C@@]3(C)NC(=O)NC3=O)c2)c1. The predicted octanol–water partition coefficient (Wildman–Crippen LogP) is 3.19. The number of imide groups is 1. The molecule has 7 heteroatoms. The predicted molar refractivity (Wildman–Crippen MR) is 110 cm³/mol. The third-order valence-corrected chi connectivity index (χ3v) is 4.92. The molecule has 1 aliphatic heterocycles. The van der Waals surface area contributed by atoms with E-state index in [1.54, 1.807) is 31.2 Å². The second kappa shape index (κ2) is 7.95. The van der Waals surface area contributed by atoms with Crippen LogP contribution in [0.2, 0.25) is 0 Å². The van der Waals surface area contributed by atoms with Crippen molar-refractivity contribution in [1.82, 2.24) is 10.6 Å². The molecule has 0 aliphatic carbocycles. The largest absolute Gasteiger partial charge is 0.483 e. The van der Waals surface area contributed by atoms with Gasteiger partial charge in [-0.15, -0.1) is 0 Å². The van der Waals surface area contributed by atoms with E-state index < -0.39 is 17.5 Å². The normalized spacial score (nSPS) is 18.4. The van der Waals surface area contributed by atoms with Gasteiger partial charge in [-0.3, -0.25) is 14.9 Å². The number of ether oxygens (including phenoxy) is 1. The number of carbonyl (C=O) groups excluding carboxylic acids is 3. The van der Waals surface area contributed by atoms with E-state index in [2.05, 4.69) is 29.8 Å². The lowest BCUT2D eigenvalue weighted by Crippen LogP contribution is -2.40. The summed E-state index contributed by atoms with van der Waals surface area (Å²) in [6, 6.07) is 12.2. The Kier molecular flexibility index (Phi) is 5.59. The van der Waals surface area contributed by atoms with E-state index in [9.17, 15) is 14.4 Å². The van der Waals surface area contributed by atoms with Gasteiger partial charge in [0.1, 0.15) is 11.3 Å².